The summed E-state index contributed by atoms with van der Waals surface area (Å²) in [5.41, 5.74) is 6.63. The van der Waals surface area contributed by atoms with Gasteiger partial charge in [-0.05, 0) is 86.2 Å². The number of allylic oxidation sites excluding steroid dienone is 1. The second kappa shape index (κ2) is 11.4. The molecule has 1 aliphatic carbocycles. The standard InChI is InChI=1S/C35H44ClFN4O/c1-35(2)14-13-24(31(16-35)23-5-8-26(36)9-6-23)19-40-28-10-11-29(40)21-39(20-28)18-25-7-12-30-32(33(25)37)22-41(34(30)42)27-4-3-15-38-17-27/h5-9,12,27-29,38H,3-4,10-11,13-22H2,1-2H3. The topological polar surface area (TPSA) is 38.8 Å². The summed E-state index contributed by atoms with van der Waals surface area (Å²) in [6.07, 6.45) is 7.95. The van der Waals surface area contributed by atoms with Gasteiger partial charge in [0.05, 0.1) is 6.54 Å². The highest BCUT2D eigenvalue weighted by Crippen LogP contribution is 2.44. The van der Waals surface area contributed by atoms with Gasteiger partial charge in [-0.15, -0.1) is 0 Å². The molecule has 0 aromatic heterocycles. The van der Waals surface area contributed by atoms with E-state index < -0.39 is 0 Å². The van der Waals surface area contributed by atoms with Gasteiger partial charge >= 0.3 is 0 Å². The molecule has 3 unspecified atom stereocenters. The number of piperidine rings is 1. The number of benzene rings is 2. The highest BCUT2D eigenvalue weighted by Gasteiger charge is 2.42. The highest BCUT2D eigenvalue weighted by atomic mass is 35.5. The molecule has 42 heavy (non-hydrogen) atoms. The fraction of sp³-hybridized carbons (Fsp3) is 0.571. The zero-order valence-electron chi connectivity index (χ0n) is 25.1. The summed E-state index contributed by atoms with van der Waals surface area (Å²) in [5, 5.41) is 4.18. The van der Waals surface area contributed by atoms with Crippen LogP contribution in [-0.4, -0.2) is 71.5 Å². The van der Waals surface area contributed by atoms with Crippen molar-refractivity contribution in [1.82, 2.24) is 20.0 Å². The van der Waals surface area contributed by atoms with Gasteiger partial charge < -0.3 is 10.2 Å². The fourth-order valence-electron chi connectivity index (χ4n) is 8.33. The SMILES string of the molecule is CC1(C)CCC(CN2C3CCC2CN(Cc2ccc4c(c2F)CN(C2CCCNC2)C4=O)C3)=C(c2ccc(Cl)cc2)C1. The third-order valence-corrected chi connectivity index (χ3v) is 11.0. The van der Waals surface area contributed by atoms with Crippen molar-refractivity contribution in [1.29, 1.82) is 0 Å². The first-order valence-corrected chi connectivity index (χ1v) is 16.4. The van der Waals surface area contributed by atoms with Gasteiger partial charge in [-0.1, -0.05) is 49.2 Å². The molecule has 1 amide bonds. The number of hydrogen-bond acceptors (Lipinski definition) is 4. The predicted octanol–water partition coefficient (Wildman–Crippen LogP) is 6.50. The first-order valence-electron chi connectivity index (χ1n) is 16.0. The third-order valence-electron chi connectivity index (χ3n) is 10.7. The molecule has 4 aliphatic heterocycles. The third kappa shape index (κ3) is 5.45. The molecule has 7 heteroatoms. The Labute approximate surface area is 255 Å². The van der Waals surface area contributed by atoms with Gasteiger partial charge in [0, 0.05) is 72.6 Å². The summed E-state index contributed by atoms with van der Waals surface area (Å²) in [6, 6.07) is 13.3. The molecule has 0 saturated carbocycles. The summed E-state index contributed by atoms with van der Waals surface area (Å²) in [5.74, 6) is -0.168. The minimum absolute atomic E-state index is 0.00539. The Morgan fingerprint density at radius 2 is 1.76 bits per heavy atom. The Morgan fingerprint density at radius 3 is 2.48 bits per heavy atom. The smallest absolute Gasteiger partial charge is 0.254 e. The molecule has 2 aromatic carbocycles. The normalized spacial score (nSPS) is 28.0. The lowest BCUT2D eigenvalue weighted by Crippen LogP contribution is -2.53. The van der Waals surface area contributed by atoms with Crippen molar-refractivity contribution in [3.8, 4) is 0 Å². The van der Waals surface area contributed by atoms with Crippen molar-refractivity contribution in [3.63, 3.8) is 0 Å². The second-order valence-electron chi connectivity index (χ2n) is 14.2. The minimum Gasteiger partial charge on any atom is -0.330 e. The van der Waals surface area contributed by atoms with Gasteiger partial charge in [-0.25, -0.2) is 4.39 Å². The van der Waals surface area contributed by atoms with E-state index in [0.29, 0.717) is 41.7 Å². The van der Waals surface area contributed by atoms with Crippen molar-refractivity contribution in [3.05, 3.63) is 75.1 Å². The van der Waals surface area contributed by atoms with Gasteiger partial charge in [0.2, 0.25) is 0 Å². The van der Waals surface area contributed by atoms with E-state index in [4.69, 9.17) is 11.6 Å². The number of carbonyl (C=O) groups is 1. The van der Waals surface area contributed by atoms with Crippen LogP contribution in [0.25, 0.3) is 5.57 Å². The average Bonchev–Trinajstić information content (AvgIpc) is 3.43. The predicted molar refractivity (Wildman–Crippen MR) is 167 cm³/mol. The van der Waals surface area contributed by atoms with Crippen LogP contribution < -0.4 is 5.32 Å². The van der Waals surface area contributed by atoms with Gasteiger partial charge in [-0.2, -0.15) is 0 Å². The van der Waals surface area contributed by atoms with Crippen LogP contribution in [-0.2, 0) is 13.1 Å². The zero-order chi connectivity index (χ0) is 29.0. The van der Waals surface area contributed by atoms with Crippen molar-refractivity contribution in [2.45, 2.75) is 90.0 Å². The van der Waals surface area contributed by atoms with Crippen LogP contribution in [0.2, 0.25) is 5.02 Å². The Kier molecular flexibility index (Phi) is 7.71. The van der Waals surface area contributed by atoms with Gasteiger partial charge in [0.1, 0.15) is 5.82 Å². The molecule has 3 atom stereocenters. The number of halogens is 2. The molecule has 2 bridgehead atoms. The van der Waals surface area contributed by atoms with E-state index in [1.54, 1.807) is 5.57 Å². The lowest BCUT2D eigenvalue weighted by atomic mass is 9.72. The largest absolute Gasteiger partial charge is 0.330 e. The summed E-state index contributed by atoms with van der Waals surface area (Å²) in [4.78, 5) is 20.2. The van der Waals surface area contributed by atoms with Crippen molar-refractivity contribution < 1.29 is 9.18 Å². The Bertz CT molecular complexity index is 1370. The van der Waals surface area contributed by atoms with Crippen LogP contribution in [0.3, 0.4) is 0 Å². The van der Waals surface area contributed by atoms with Crippen LogP contribution in [0.5, 0.6) is 0 Å². The Balaban J connectivity index is 1.05. The molecule has 3 fully saturated rings. The Hall–Kier alpha value is -2.25. The first kappa shape index (κ1) is 28.5. The average molecular weight is 591 g/mol. The molecule has 3 saturated heterocycles. The summed E-state index contributed by atoms with van der Waals surface area (Å²) < 4.78 is 15.9. The number of carbonyl (C=O) groups excluding carboxylic acids is 1. The highest BCUT2D eigenvalue weighted by molar-refractivity contribution is 6.30. The van der Waals surface area contributed by atoms with Crippen LogP contribution >= 0.6 is 11.6 Å². The molecule has 5 nitrogen and oxygen atoms in total. The molecule has 224 valence electrons. The lowest BCUT2D eigenvalue weighted by molar-refractivity contribution is 0.0671. The van der Waals surface area contributed by atoms with E-state index in [9.17, 15) is 4.79 Å². The maximum Gasteiger partial charge on any atom is 0.254 e. The molecular weight excluding hydrogens is 547 g/mol. The van der Waals surface area contributed by atoms with E-state index in [1.807, 2.05) is 29.2 Å². The van der Waals surface area contributed by atoms with Crippen molar-refractivity contribution in [2.75, 3.05) is 32.7 Å². The number of piperazine rings is 1. The van der Waals surface area contributed by atoms with Crippen LogP contribution in [0.15, 0.2) is 42.0 Å². The first-order chi connectivity index (χ1) is 20.3. The minimum atomic E-state index is -0.163. The maximum absolute atomic E-state index is 15.9. The number of hydrogen-bond donors (Lipinski definition) is 1. The lowest BCUT2D eigenvalue weighted by Gasteiger charge is -2.43. The van der Waals surface area contributed by atoms with E-state index in [-0.39, 0.29) is 17.8 Å². The molecule has 4 heterocycles. The summed E-state index contributed by atoms with van der Waals surface area (Å²) in [6.45, 7) is 10.6. The molecule has 1 N–H and O–H groups in total. The number of nitrogens with one attached hydrogen (secondary N) is 1. The Morgan fingerprint density at radius 1 is 1.00 bits per heavy atom. The summed E-state index contributed by atoms with van der Waals surface area (Å²) in [7, 11) is 0. The van der Waals surface area contributed by atoms with E-state index >= 15 is 4.39 Å². The van der Waals surface area contributed by atoms with E-state index in [0.717, 1.165) is 69.0 Å². The van der Waals surface area contributed by atoms with E-state index in [1.165, 1.54) is 30.4 Å². The molecule has 0 radical (unpaired) electrons. The van der Waals surface area contributed by atoms with E-state index in [2.05, 4.69) is 41.1 Å². The van der Waals surface area contributed by atoms with Crippen LogP contribution in [0, 0.1) is 11.2 Å². The maximum atomic E-state index is 15.9. The van der Waals surface area contributed by atoms with Crippen LogP contribution in [0.1, 0.15) is 85.8 Å². The monoisotopic (exact) mass is 590 g/mol. The van der Waals surface area contributed by atoms with Gasteiger partial charge in [0.15, 0.2) is 0 Å². The number of nitrogens with zero attached hydrogens (tertiary/aromatic N) is 3. The molecule has 0 spiro atoms. The zero-order valence-corrected chi connectivity index (χ0v) is 25.9. The number of amides is 1. The molecule has 2 aromatic rings. The van der Waals surface area contributed by atoms with Gasteiger partial charge in [0.25, 0.3) is 5.91 Å². The molecule has 5 aliphatic rings. The van der Waals surface area contributed by atoms with Gasteiger partial charge in [-0.3, -0.25) is 14.6 Å². The quantitative estimate of drug-likeness (QED) is 0.417. The second-order valence-corrected chi connectivity index (χ2v) is 14.6. The number of rotatable bonds is 6. The molecular formula is C35H44ClFN4O. The fourth-order valence-corrected chi connectivity index (χ4v) is 8.45. The van der Waals surface area contributed by atoms with Crippen molar-refractivity contribution in [2.24, 2.45) is 5.41 Å². The number of likely N-dealkylation sites (tertiary alicyclic amines) is 1. The van der Waals surface area contributed by atoms with Crippen LogP contribution in [0.4, 0.5) is 4.39 Å². The molecule has 7 rings (SSSR count). The van der Waals surface area contributed by atoms with Crippen molar-refractivity contribution >= 4 is 23.1 Å². The number of fused-ring (bicyclic) bond motifs is 3. The summed E-state index contributed by atoms with van der Waals surface area (Å²) >= 11 is 6.23.